The van der Waals surface area contributed by atoms with E-state index in [1.807, 2.05) is 6.92 Å². The second kappa shape index (κ2) is 8.93. The summed E-state index contributed by atoms with van der Waals surface area (Å²) in [5, 5.41) is 5.42. The van der Waals surface area contributed by atoms with E-state index in [0.717, 1.165) is 24.0 Å². The molecular formula is C20H22F2N4O3. The maximum absolute atomic E-state index is 12.6. The number of hydrogen-bond acceptors (Lipinski definition) is 5. The van der Waals surface area contributed by atoms with Crippen LogP contribution in [0.5, 0.6) is 5.75 Å². The topological polar surface area (TPSA) is 93.2 Å². The second-order valence-electron chi connectivity index (χ2n) is 6.94. The van der Waals surface area contributed by atoms with Crippen molar-refractivity contribution in [1.82, 2.24) is 15.3 Å². The number of nitrogens with one attached hydrogen (secondary N) is 2. The van der Waals surface area contributed by atoms with E-state index in [1.54, 1.807) is 25.1 Å². The van der Waals surface area contributed by atoms with Gasteiger partial charge < -0.3 is 10.1 Å². The standard InChI is InChI=1S/C20H22F2N4O3/c1-11-3-6-14(29-10-17(21)22)9-15(11)12(2)24-19(28)16-7-8-23-20(25-16)26-18(27)13-4-5-13/h3,6-9,12-13,17H,4-5,10H2,1-2H3,(H,24,28)(H,23,25,26,27). The molecule has 0 bridgehead atoms. The van der Waals surface area contributed by atoms with Crippen molar-refractivity contribution in [3.63, 3.8) is 0 Å². The van der Waals surface area contributed by atoms with Crippen LogP contribution >= 0.6 is 0 Å². The molecule has 1 fully saturated rings. The lowest BCUT2D eigenvalue weighted by molar-refractivity contribution is -0.117. The van der Waals surface area contributed by atoms with E-state index in [1.165, 1.54) is 12.3 Å². The quantitative estimate of drug-likeness (QED) is 0.704. The van der Waals surface area contributed by atoms with Crippen molar-refractivity contribution in [1.29, 1.82) is 0 Å². The molecule has 1 aromatic heterocycles. The zero-order chi connectivity index (χ0) is 21.0. The van der Waals surface area contributed by atoms with Crippen LogP contribution in [-0.4, -0.2) is 34.8 Å². The summed E-state index contributed by atoms with van der Waals surface area (Å²) < 4.78 is 29.8. The predicted octanol–water partition coefficient (Wildman–Crippen LogP) is 3.27. The summed E-state index contributed by atoms with van der Waals surface area (Å²) in [6, 6.07) is 6.01. The number of carbonyl (C=O) groups is 2. The lowest BCUT2D eigenvalue weighted by Crippen LogP contribution is -2.28. The van der Waals surface area contributed by atoms with Crippen LogP contribution in [-0.2, 0) is 4.79 Å². The molecule has 0 aliphatic heterocycles. The normalized spacial score (nSPS) is 14.4. The molecule has 0 saturated heterocycles. The van der Waals surface area contributed by atoms with E-state index in [9.17, 15) is 18.4 Å². The summed E-state index contributed by atoms with van der Waals surface area (Å²) in [7, 11) is 0. The largest absolute Gasteiger partial charge is 0.488 e. The Hall–Kier alpha value is -3.10. The summed E-state index contributed by atoms with van der Waals surface area (Å²) in [6.45, 7) is 2.93. The number of aromatic nitrogens is 2. The number of benzene rings is 1. The number of halogens is 2. The molecule has 1 heterocycles. The van der Waals surface area contributed by atoms with Crippen LogP contribution in [0.15, 0.2) is 30.5 Å². The minimum Gasteiger partial charge on any atom is -0.488 e. The van der Waals surface area contributed by atoms with Crippen LogP contribution in [0.3, 0.4) is 0 Å². The molecule has 2 amide bonds. The summed E-state index contributed by atoms with van der Waals surface area (Å²) >= 11 is 0. The first-order chi connectivity index (χ1) is 13.8. The smallest absolute Gasteiger partial charge is 0.272 e. The zero-order valence-corrected chi connectivity index (χ0v) is 16.1. The highest BCUT2D eigenvalue weighted by molar-refractivity contribution is 5.95. The number of aryl methyl sites for hydroxylation is 1. The third-order valence-corrected chi connectivity index (χ3v) is 4.51. The van der Waals surface area contributed by atoms with Gasteiger partial charge in [0.25, 0.3) is 12.3 Å². The highest BCUT2D eigenvalue weighted by Gasteiger charge is 2.30. The Morgan fingerprint density at radius 1 is 1.28 bits per heavy atom. The van der Waals surface area contributed by atoms with Gasteiger partial charge in [-0.1, -0.05) is 6.07 Å². The SMILES string of the molecule is Cc1ccc(OCC(F)F)cc1C(C)NC(=O)c1ccnc(NC(=O)C2CC2)n1. The van der Waals surface area contributed by atoms with Crippen molar-refractivity contribution in [2.75, 3.05) is 11.9 Å². The summed E-state index contributed by atoms with van der Waals surface area (Å²) in [6.07, 6.45) is 0.537. The number of anilines is 1. The maximum Gasteiger partial charge on any atom is 0.272 e. The highest BCUT2D eigenvalue weighted by atomic mass is 19.3. The molecule has 1 unspecified atom stereocenters. The first-order valence-corrected chi connectivity index (χ1v) is 9.29. The molecule has 0 radical (unpaired) electrons. The minimum atomic E-state index is -2.57. The van der Waals surface area contributed by atoms with Crippen molar-refractivity contribution >= 4 is 17.8 Å². The maximum atomic E-state index is 12.6. The van der Waals surface area contributed by atoms with Gasteiger partial charge in [0, 0.05) is 12.1 Å². The van der Waals surface area contributed by atoms with Gasteiger partial charge in [-0.25, -0.2) is 18.7 Å². The van der Waals surface area contributed by atoms with Gasteiger partial charge in [0.2, 0.25) is 11.9 Å². The van der Waals surface area contributed by atoms with Crippen LogP contribution in [0.1, 0.15) is 47.4 Å². The Morgan fingerprint density at radius 3 is 2.72 bits per heavy atom. The number of amides is 2. The monoisotopic (exact) mass is 404 g/mol. The molecule has 154 valence electrons. The van der Waals surface area contributed by atoms with Gasteiger partial charge in [-0.2, -0.15) is 0 Å². The van der Waals surface area contributed by atoms with Gasteiger partial charge >= 0.3 is 0 Å². The molecule has 3 rings (SSSR count). The molecule has 1 aromatic carbocycles. The summed E-state index contributed by atoms with van der Waals surface area (Å²) in [5.74, 6) is -0.203. The molecule has 1 aliphatic rings. The van der Waals surface area contributed by atoms with Crippen LogP contribution < -0.4 is 15.4 Å². The van der Waals surface area contributed by atoms with Crippen LogP contribution in [0.4, 0.5) is 14.7 Å². The van der Waals surface area contributed by atoms with Crippen molar-refractivity contribution in [3.8, 4) is 5.75 Å². The van der Waals surface area contributed by atoms with E-state index in [2.05, 4.69) is 20.6 Å². The third kappa shape index (κ3) is 5.69. The molecule has 9 heteroatoms. The lowest BCUT2D eigenvalue weighted by Gasteiger charge is -2.18. The average molecular weight is 404 g/mol. The van der Waals surface area contributed by atoms with E-state index >= 15 is 0 Å². The third-order valence-electron chi connectivity index (χ3n) is 4.51. The number of ether oxygens (including phenoxy) is 1. The Morgan fingerprint density at radius 2 is 2.03 bits per heavy atom. The molecule has 7 nitrogen and oxygen atoms in total. The molecule has 2 N–H and O–H groups in total. The fraction of sp³-hybridized carbons (Fsp3) is 0.400. The fourth-order valence-electron chi connectivity index (χ4n) is 2.79. The molecular weight excluding hydrogens is 382 g/mol. The number of rotatable bonds is 8. The molecule has 0 spiro atoms. The van der Waals surface area contributed by atoms with Crippen molar-refractivity contribution in [2.45, 2.75) is 39.2 Å². The van der Waals surface area contributed by atoms with E-state index < -0.39 is 25.0 Å². The zero-order valence-electron chi connectivity index (χ0n) is 16.1. The summed E-state index contributed by atoms with van der Waals surface area (Å²) in [5.41, 5.74) is 1.73. The van der Waals surface area contributed by atoms with Gasteiger partial charge in [-0.3, -0.25) is 14.9 Å². The van der Waals surface area contributed by atoms with Gasteiger partial charge in [0.1, 0.15) is 18.1 Å². The van der Waals surface area contributed by atoms with Gasteiger partial charge in [0.15, 0.2) is 0 Å². The first-order valence-electron chi connectivity index (χ1n) is 9.29. The Labute approximate surface area is 166 Å². The van der Waals surface area contributed by atoms with Gasteiger partial charge in [-0.15, -0.1) is 0 Å². The second-order valence-corrected chi connectivity index (χ2v) is 6.94. The van der Waals surface area contributed by atoms with Crippen molar-refractivity contribution in [3.05, 3.63) is 47.3 Å². The van der Waals surface area contributed by atoms with E-state index in [4.69, 9.17) is 4.74 Å². The number of nitrogens with zero attached hydrogens (tertiary/aromatic N) is 2. The molecule has 1 atom stereocenters. The minimum absolute atomic E-state index is 0.00125. The molecule has 29 heavy (non-hydrogen) atoms. The van der Waals surface area contributed by atoms with Gasteiger partial charge in [-0.05, 0) is 56.0 Å². The molecule has 1 aliphatic carbocycles. The number of alkyl halides is 2. The Balaban J connectivity index is 1.67. The fourth-order valence-corrected chi connectivity index (χ4v) is 2.79. The Bertz CT molecular complexity index is 903. The average Bonchev–Trinajstić information content (AvgIpc) is 3.52. The van der Waals surface area contributed by atoms with Crippen molar-refractivity contribution in [2.24, 2.45) is 5.92 Å². The van der Waals surface area contributed by atoms with Crippen molar-refractivity contribution < 1.29 is 23.1 Å². The van der Waals surface area contributed by atoms with Gasteiger partial charge in [0.05, 0.1) is 6.04 Å². The highest BCUT2D eigenvalue weighted by Crippen LogP contribution is 2.29. The van der Waals surface area contributed by atoms with E-state index in [0.29, 0.717) is 5.75 Å². The Kier molecular flexibility index (Phi) is 6.36. The van der Waals surface area contributed by atoms with Crippen LogP contribution in [0.25, 0.3) is 0 Å². The summed E-state index contributed by atoms with van der Waals surface area (Å²) in [4.78, 5) is 32.5. The van der Waals surface area contributed by atoms with Crippen LogP contribution in [0.2, 0.25) is 0 Å². The number of carbonyl (C=O) groups excluding carboxylic acids is 2. The molecule has 2 aromatic rings. The number of hydrogen-bond donors (Lipinski definition) is 2. The lowest BCUT2D eigenvalue weighted by atomic mass is 10.0. The molecule has 1 saturated carbocycles. The van der Waals surface area contributed by atoms with E-state index in [-0.39, 0.29) is 23.5 Å². The first kappa shape index (κ1) is 20.6. The predicted molar refractivity (Wildman–Crippen MR) is 102 cm³/mol. The van der Waals surface area contributed by atoms with Crippen LogP contribution in [0, 0.1) is 12.8 Å².